The van der Waals surface area contributed by atoms with Gasteiger partial charge in [-0.3, -0.25) is 4.79 Å². The van der Waals surface area contributed by atoms with E-state index in [1.54, 1.807) is 29.1 Å². The van der Waals surface area contributed by atoms with Crippen LogP contribution in [0.1, 0.15) is 62.9 Å². The van der Waals surface area contributed by atoms with E-state index in [-0.39, 0.29) is 21.4 Å². The van der Waals surface area contributed by atoms with Crippen LogP contribution in [0.25, 0.3) is 5.82 Å². The first-order valence-corrected chi connectivity index (χ1v) is 14.4. The van der Waals surface area contributed by atoms with Crippen molar-refractivity contribution in [2.75, 3.05) is 18.1 Å². The molecule has 11 heteroatoms. The molecule has 0 spiro atoms. The molecule has 2 aromatic heterocycles. The fourth-order valence-corrected chi connectivity index (χ4v) is 5.94. The van der Waals surface area contributed by atoms with Crippen LogP contribution in [-0.4, -0.2) is 47.8 Å². The van der Waals surface area contributed by atoms with Crippen molar-refractivity contribution in [2.24, 2.45) is 11.3 Å². The number of ether oxygens (including phenoxy) is 1. The van der Waals surface area contributed by atoms with Crippen LogP contribution in [0, 0.1) is 22.7 Å². The first kappa shape index (κ1) is 26.7. The van der Waals surface area contributed by atoms with Crippen LogP contribution >= 0.6 is 0 Å². The molecule has 10 nitrogen and oxygen atoms in total. The average molecular weight is 549 g/mol. The van der Waals surface area contributed by atoms with Gasteiger partial charge in [-0.25, -0.2) is 22.8 Å². The van der Waals surface area contributed by atoms with Crippen molar-refractivity contribution in [1.82, 2.24) is 19.5 Å². The van der Waals surface area contributed by atoms with Crippen molar-refractivity contribution in [1.29, 1.82) is 5.26 Å². The van der Waals surface area contributed by atoms with Gasteiger partial charge in [0.05, 0.1) is 28.7 Å². The van der Waals surface area contributed by atoms with Crippen LogP contribution in [0.5, 0.6) is 5.88 Å². The van der Waals surface area contributed by atoms with Crippen molar-refractivity contribution >= 4 is 21.7 Å². The summed E-state index contributed by atoms with van der Waals surface area (Å²) in [7, 11) is -4.17. The number of amides is 1. The molecule has 5 rings (SSSR count). The van der Waals surface area contributed by atoms with Gasteiger partial charge in [-0.1, -0.05) is 13.8 Å². The van der Waals surface area contributed by atoms with Gasteiger partial charge in [0, 0.05) is 29.8 Å². The maximum atomic E-state index is 13.4. The van der Waals surface area contributed by atoms with Gasteiger partial charge in [-0.2, -0.15) is 5.26 Å². The van der Waals surface area contributed by atoms with Crippen LogP contribution in [-0.2, 0) is 10.0 Å². The standard InChI is InChI=1S/C28H32N6O4S/c1-19-15-27(2,3)33(17-19)25-22(26(35)32-39(36,37)21-7-5-20(16-29)6-8-21)9-10-23(30-25)34-14-11-24(31-34)38-18-28(4)12-13-28/h5-11,14,19H,12-13,15,17-18H2,1-4H3,(H,32,35)/t19-/m0/s1. The fourth-order valence-electron chi connectivity index (χ4n) is 4.97. The molecule has 1 aliphatic carbocycles. The molecule has 0 radical (unpaired) electrons. The first-order chi connectivity index (χ1) is 18.4. The Hall–Kier alpha value is -3.91. The maximum Gasteiger partial charge on any atom is 0.268 e. The molecule has 0 bridgehead atoms. The number of hydrogen-bond donors (Lipinski definition) is 1. The smallest absolute Gasteiger partial charge is 0.268 e. The number of nitrogens with one attached hydrogen (secondary N) is 1. The van der Waals surface area contributed by atoms with Crippen LogP contribution in [0.15, 0.2) is 53.6 Å². The minimum absolute atomic E-state index is 0.111. The number of nitriles is 1. The highest BCUT2D eigenvalue weighted by Gasteiger charge is 2.40. The second-order valence-electron chi connectivity index (χ2n) is 11.5. The molecule has 1 saturated heterocycles. The molecular formula is C28H32N6O4S. The number of carbonyl (C=O) groups excluding carboxylic acids is 1. The van der Waals surface area contributed by atoms with E-state index >= 15 is 0 Å². The van der Waals surface area contributed by atoms with E-state index in [2.05, 4.69) is 42.4 Å². The zero-order valence-electron chi connectivity index (χ0n) is 22.5. The van der Waals surface area contributed by atoms with Crippen molar-refractivity contribution in [2.45, 2.75) is 57.4 Å². The van der Waals surface area contributed by atoms with Gasteiger partial charge >= 0.3 is 0 Å². The molecule has 2 aliphatic rings. The van der Waals surface area contributed by atoms with E-state index < -0.39 is 15.9 Å². The SMILES string of the molecule is C[C@@H]1CN(c2nc(-n3ccc(OCC4(C)CC4)n3)ccc2C(=O)NS(=O)(=O)c2ccc(C#N)cc2)C(C)(C)C1. The molecule has 1 N–H and O–H groups in total. The van der Waals surface area contributed by atoms with E-state index in [1.165, 1.54) is 24.3 Å². The van der Waals surface area contributed by atoms with E-state index in [0.29, 0.717) is 42.1 Å². The lowest BCUT2D eigenvalue weighted by atomic mass is 9.97. The Bertz CT molecular complexity index is 1550. The lowest BCUT2D eigenvalue weighted by Gasteiger charge is -2.34. The first-order valence-electron chi connectivity index (χ1n) is 12.9. The average Bonchev–Trinajstić information content (AvgIpc) is 3.31. The highest BCUT2D eigenvalue weighted by Crippen LogP contribution is 2.45. The van der Waals surface area contributed by atoms with E-state index in [9.17, 15) is 13.2 Å². The molecule has 1 aromatic carbocycles. The Morgan fingerprint density at radius 1 is 1.15 bits per heavy atom. The quantitative estimate of drug-likeness (QED) is 0.446. The second kappa shape index (κ2) is 9.68. The third-order valence-electron chi connectivity index (χ3n) is 7.43. The predicted octanol–water partition coefficient (Wildman–Crippen LogP) is 4.06. The topological polar surface area (TPSA) is 130 Å². The zero-order valence-corrected chi connectivity index (χ0v) is 23.3. The zero-order chi connectivity index (χ0) is 28.0. The number of nitrogens with zero attached hydrogens (tertiary/aromatic N) is 5. The Balaban J connectivity index is 1.46. The van der Waals surface area contributed by atoms with Crippen LogP contribution in [0.4, 0.5) is 5.82 Å². The molecular weight excluding hydrogens is 516 g/mol. The Morgan fingerprint density at radius 2 is 1.87 bits per heavy atom. The molecule has 1 atom stereocenters. The summed E-state index contributed by atoms with van der Waals surface area (Å²) in [5.41, 5.74) is 0.384. The van der Waals surface area contributed by atoms with Gasteiger partial charge in [0.25, 0.3) is 15.9 Å². The van der Waals surface area contributed by atoms with Crippen LogP contribution < -0.4 is 14.4 Å². The van der Waals surface area contributed by atoms with E-state index in [4.69, 9.17) is 15.0 Å². The van der Waals surface area contributed by atoms with Gasteiger partial charge in [0.2, 0.25) is 5.88 Å². The highest BCUT2D eigenvalue weighted by molar-refractivity contribution is 7.90. The Labute approximate surface area is 228 Å². The summed E-state index contributed by atoms with van der Waals surface area (Å²) >= 11 is 0. The van der Waals surface area contributed by atoms with Crippen molar-refractivity contribution in [3.8, 4) is 17.8 Å². The van der Waals surface area contributed by atoms with Crippen molar-refractivity contribution < 1.29 is 17.9 Å². The Kier molecular flexibility index (Phi) is 6.63. The molecule has 3 heterocycles. The van der Waals surface area contributed by atoms with Crippen LogP contribution in [0.3, 0.4) is 0 Å². The number of aromatic nitrogens is 3. The minimum atomic E-state index is -4.17. The predicted molar refractivity (Wildman–Crippen MR) is 145 cm³/mol. The monoisotopic (exact) mass is 548 g/mol. The summed E-state index contributed by atoms with van der Waals surface area (Å²) in [5, 5.41) is 13.5. The minimum Gasteiger partial charge on any atom is -0.476 e. The molecule has 1 aliphatic heterocycles. The molecule has 39 heavy (non-hydrogen) atoms. The third-order valence-corrected chi connectivity index (χ3v) is 8.77. The maximum absolute atomic E-state index is 13.4. The van der Waals surface area contributed by atoms with Gasteiger partial charge < -0.3 is 9.64 Å². The molecule has 3 aromatic rings. The molecule has 1 saturated carbocycles. The summed E-state index contributed by atoms with van der Waals surface area (Å²) in [5.74, 6) is 0.942. The van der Waals surface area contributed by atoms with Gasteiger partial charge in [-0.05, 0) is 75.4 Å². The molecule has 0 unspecified atom stereocenters. The van der Waals surface area contributed by atoms with Crippen molar-refractivity contribution in [3.05, 3.63) is 59.8 Å². The molecule has 204 valence electrons. The van der Waals surface area contributed by atoms with E-state index in [1.807, 2.05) is 6.07 Å². The molecule has 2 fully saturated rings. The number of pyridine rings is 1. The number of benzene rings is 1. The summed E-state index contributed by atoms with van der Waals surface area (Å²) in [6, 6.07) is 12.3. The lowest BCUT2D eigenvalue weighted by molar-refractivity contribution is 0.0981. The van der Waals surface area contributed by atoms with Gasteiger partial charge in [0.1, 0.15) is 5.82 Å². The fraction of sp³-hybridized carbons (Fsp3) is 0.429. The van der Waals surface area contributed by atoms with Gasteiger partial charge in [0.15, 0.2) is 5.82 Å². The summed E-state index contributed by atoms with van der Waals surface area (Å²) < 4.78 is 35.6. The van der Waals surface area contributed by atoms with Gasteiger partial charge in [-0.15, -0.1) is 5.10 Å². The number of hydrogen-bond acceptors (Lipinski definition) is 8. The molecule has 1 amide bonds. The number of sulfonamides is 1. The third kappa shape index (κ3) is 5.61. The largest absolute Gasteiger partial charge is 0.476 e. The summed E-state index contributed by atoms with van der Waals surface area (Å²) in [6.07, 6.45) is 4.94. The number of anilines is 1. The number of rotatable bonds is 8. The normalized spacial score (nSPS) is 19.4. The summed E-state index contributed by atoms with van der Waals surface area (Å²) in [4.78, 5) is 20.2. The number of carbonyl (C=O) groups is 1. The van der Waals surface area contributed by atoms with Crippen LogP contribution in [0.2, 0.25) is 0 Å². The summed E-state index contributed by atoms with van der Waals surface area (Å²) in [6.45, 7) is 9.75. The lowest BCUT2D eigenvalue weighted by Crippen LogP contribution is -2.41. The highest BCUT2D eigenvalue weighted by atomic mass is 32.2. The second-order valence-corrected chi connectivity index (χ2v) is 13.2. The van der Waals surface area contributed by atoms with E-state index in [0.717, 1.165) is 19.3 Å². The van der Waals surface area contributed by atoms with Crippen molar-refractivity contribution in [3.63, 3.8) is 0 Å². The Morgan fingerprint density at radius 3 is 2.49 bits per heavy atom.